The van der Waals surface area contributed by atoms with Crippen LogP contribution in [0.3, 0.4) is 0 Å². The molecule has 0 saturated carbocycles. The van der Waals surface area contributed by atoms with Crippen molar-refractivity contribution in [3.05, 3.63) is 65.4 Å². The number of amides is 1. The third kappa shape index (κ3) is 2.32. The zero-order valence-electron chi connectivity index (χ0n) is 13.4. The molecule has 0 aliphatic carbocycles. The zero-order chi connectivity index (χ0) is 16.7. The Morgan fingerprint density at radius 1 is 1.12 bits per heavy atom. The van der Waals surface area contributed by atoms with Crippen LogP contribution in [0.2, 0.25) is 0 Å². The molecule has 1 N–H and O–H groups in total. The number of para-hydroxylation sites is 2. The molecule has 0 bridgehead atoms. The summed E-state index contributed by atoms with van der Waals surface area (Å²) in [6, 6.07) is 13.2. The third-order valence-corrected chi connectivity index (χ3v) is 3.96. The molecule has 1 aromatic carbocycles. The molecule has 2 aromatic heterocycles. The van der Waals surface area contributed by atoms with Crippen molar-refractivity contribution < 1.29 is 9.53 Å². The van der Waals surface area contributed by atoms with Gasteiger partial charge in [0.05, 0.1) is 11.4 Å². The number of aromatic nitrogens is 3. The number of nitrogens with zero attached hydrogens (tertiary/aromatic N) is 3. The van der Waals surface area contributed by atoms with Crippen LogP contribution in [0.1, 0.15) is 27.7 Å². The van der Waals surface area contributed by atoms with Crippen LogP contribution >= 0.6 is 0 Å². The highest BCUT2D eigenvalue weighted by Crippen LogP contribution is 2.32. The summed E-state index contributed by atoms with van der Waals surface area (Å²) in [6.07, 6.45) is 0. The summed E-state index contributed by atoms with van der Waals surface area (Å²) in [5.74, 6) is 1.77. The lowest BCUT2D eigenvalue weighted by molar-refractivity contribution is 0.101. The highest BCUT2D eigenvalue weighted by atomic mass is 16.5. The summed E-state index contributed by atoms with van der Waals surface area (Å²) < 4.78 is 7.74. The van der Waals surface area contributed by atoms with Crippen molar-refractivity contribution in [2.45, 2.75) is 20.5 Å². The van der Waals surface area contributed by atoms with Gasteiger partial charge < -0.3 is 10.1 Å². The fraction of sp³-hybridized carbons (Fsp3) is 0.167. The number of ether oxygens (including phenoxy) is 1. The lowest BCUT2D eigenvalue weighted by atomic mass is 10.2. The Hall–Kier alpha value is -3.15. The van der Waals surface area contributed by atoms with Gasteiger partial charge in [0, 0.05) is 5.69 Å². The van der Waals surface area contributed by atoms with E-state index in [0.717, 1.165) is 28.6 Å². The van der Waals surface area contributed by atoms with Crippen LogP contribution in [-0.4, -0.2) is 20.4 Å². The van der Waals surface area contributed by atoms with Crippen LogP contribution in [0.5, 0.6) is 5.75 Å². The van der Waals surface area contributed by atoms with Gasteiger partial charge in [0.25, 0.3) is 5.91 Å². The van der Waals surface area contributed by atoms with Crippen LogP contribution in [0.15, 0.2) is 42.5 Å². The Balaban J connectivity index is 1.72. The monoisotopic (exact) mass is 320 g/mol. The number of imidazole rings is 1. The number of hydrogen-bond donors (Lipinski definition) is 1. The molecule has 1 amide bonds. The number of carbonyl (C=O) groups is 1. The molecule has 120 valence electrons. The average molecular weight is 320 g/mol. The van der Waals surface area contributed by atoms with E-state index in [1.807, 2.05) is 54.8 Å². The van der Waals surface area contributed by atoms with E-state index in [1.165, 1.54) is 0 Å². The number of nitrogens with one attached hydrogen (secondary N) is 1. The van der Waals surface area contributed by atoms with Gasteiger partial charge in [-0.2, -0.15) is 0 Å². The minimum Gasteiger partial charge on any atom is -0.485 e. The van der Waals surface area contributed by atoms with Crippen molar-refractivity contribution in [1.29, 1.82) is 0 Å². The molecule has 0 spiro atoms. The molecule has 0 atom stereocenters. The van der Waals surface area contributed by atoms with E-state index in [-0.39, 0.29) is 5.91 Å². The molecule has 0 saturated heterocycles. The minimum atomic E-state index is -0.284. The molecule has 24 heavy (non-hydrogen) atoms. The van der Waals surface area contributed by atoms with Crippen LogP contribution in [0, 0.1) is 13.8 Å². The maximum atomic E-state index is 12.6. The summed E-state index contributed by atoms with van der Waals surface area (Å²) in [7, 11) is 0. The van der Waals surface area contributed by atoms with E-state index in [2.05, 4.69) is 15.3 Å². The molecule has 0 fully saturated rings. The van der Waals surface area contributed by atoms with Crippen molar-refractivity contribution in [3.8, 4) is 11.4 Å². The number of carbonyl (C=O) groups excluding carboxylic acids is 1. The Morgan fingerprint density at radius 3 is 2.79 bits per heavy atom. The molecule has 0 unspecified atom stereocenters. The van der Waals surface area contributed by atoms with Gasteiger partial charge in [0.2, 0.25) is 0 Å². The SMILES string of the molecule is Cc1cccc(NC(=O)c2nc(C)n3c2COc2ccccc2-3)n1. The maximum absolute atomic E-state index is 12.6. The number of hydrogen-bond acceptors (Lipinski definition) is 4. The first kappa shape index (κ1) is 14.4. The second kappa shape index (κ2) is 5.49. The molecule has 1 aliphatic heterocycles. The highest BCUT2D eigenvalue weighted by molar-refractivity contribution is 6.03. The molecule has 6 nitrogen and oxygen atoms in total. The van der Waals surface area contributed by atoms with Gasteiger partial charge in [0.15, 0.2) is 5.69 Å². The largest absolute Gasteiger partial charge is 0.485 e. The van der Waals surface area contributed by atoms with Crippen molar-refractivity contribution in [2.75, 3.05) is 5.32 Å². The summed E-state index contributed by atoms with van der Waals surface area (Å²) in [4.78, 5) is 21.4. The first-order valence-corrected chi connectivity index (χ1v) is 7.69. The minimum absolute atomic E-state index is 0.284. The van der Waals surface area contributed by atoms with Gasteiger partial charge in [-0.15, -0.1) is 0 Å². The van der Waals surface area contributed by atoms with Gasteiger partial charge in [-0.1, -0.05) is 18.2 Å². The number of pyridine rings is 1. The standard InChI is InChI=1S/C18H16N4O2/c1-11-6-5-9-16(19-11)21-18(23)17-14-10-24-15-8-4-3-7-13(15)22(14)12(2)20-17/h3-9H,10H2,1-2H3,(H,19,21,23). The van der Waals surface area contributed by atoms with Crippen molar-refractivity contribution in [2.24, 2.45) is 0 Å². The van der Waals surface area contributed by atoms with Crippen molar-refractivity contribution in [1.82, 2.24) is 14.5 Å². The van der Waals surface area contributed by atoms with Gasteiger partial charge in [-0.25, -0.2) is 9.97 Å². The van der Waals surface area contributed by atoms with Crippen molar-refractivity contribution in [3.63, 3.8) is 0 Å². The number of anilines is 1. The molecular weight excluding hydrogens is 304 g/mol. The Labute approximate surface area is 139 Å². The summed E-state index contributed by atoms with van der Waals surface area (Å²) in [5, 5.41) is 2.81. The fourth-order valence-corrected chi connectivity index (χ4v) is 2.91. The molecule has 6 heteroatoms. The predicted octanol–water partition coefficient (Wildman–Crippen LogP) is 3.03. The number of fused-ring (bicyclic) bond motifs is 3. The predicted molar refractivity (Wildman–Crippen MR) is 89.6 cm³/mol. The molecule has 3 heterocycles. The number of aryl methyl sites for hydroxylation is 2. The van der Waals surface area contributed by atoms with E-state index < -0.39 is 0 Å². The molecule has 3 aromatic rings. The van der Waals surface area contributed by atoms with Gasteiger partial charge in [-0.3, -0.25) is 9.36 Å². The number of benzene rings is 1. The van der Waals surface area contributed by atoms with Crippen LogP contribution in [0.25, 0.3) is 5.69 Å². The molecular formula is C18H16N4O2. The molecule has 0 radical (unpaired) electrons. The van der Waals surface area contributed by atoms with Crippen LogP contribution in [0.4, 0.5) is 5.82 Å². The lowest BCUT2D eigenvalue weighted by Gasteiger charge is -2.21. The maximum Gasteiger partial charge on any atom is 0.277 e. The normalized spacial score (nSPS) is 12.1. The third-order valence-electron chi connectivity index (χ3n) is 3.96. The van der Waals surface area contributed by atoms with Gasteiger partial charge in [-0.05, 0) is 38.1 Å². The molecule has 1 aliphatic rings. The van der Waals surface area contributed by atoms with E-state index in [9.17, 15) is 4.79 Å². The smallest absolute Gasteiger partial charge is 0.277 e. The Kier molecular flexibility index (Phi) is 3.30. The quantitative estimate of drug-likeness (QED) is 0.788. The zero-order valence-corrected chi connectivity index (χ0v) is 13.4. The lowest BCUT2D eigenvalue weighted by Crippen LogP contribution is -2.19. The van der Waals surface area contributed by atoms with Crippen molar-refractivity contribution >= 4 is 11.7 Å². The average Bonchev–Trinajstić information content (AvgIpc) is 2.92. The first-order chi connectivity index (χ1) is 11.6. The summed E-state index contributed by atoms with van der Waals surface area (Å²) in [5.41, 5.74) is 2.85. The summed E-state index contributed by atoms with van der Waals surface area (Å²) in [6.45, 7) is 4.07. The van der Waals surface area contributed by atoms with E-state index in [0.29, 0.717) is 18.1 Å². The molecule has 4 rings (SSSR count). The van der Waals surface area contributed by atoms with E-state index >= 15 is 0 Å². The topological polar surface area (TPSA) is 69.0 Å². The summed E-state index contributed by atoms with van der Waals surface area (Å²) >= 11 is 0. The van der Waals surface area contributed by atoms with Gasteiger partial charge in [0.1, 0.15) is 24.0 Å². The Bertz CT molecular complexity index is 946. The number of rotatable bonds is 2. The van der Waals surface area contributed by atoms with Crippen LogP contribution < -0.4 is 10.1 Å². The van der Waals surface area contributed by atoms with Crippen LogP contribution in [-0.2, 0) is 6.61 Å². The second-order valence-corrected chi connectivity index (χ2v) is 5.66. The van der Waals surface area contributed by atoms with E-state index in [1.54, 1.807) is 6.07 Å². The van der Waals surface area contributed by atoms with Gasteiger partial charge >= 0.3 is 0 Å². The first-order valence-electron chi connectivity index (χ1n) is 7.69. The van der Waals surface area contributed by atoms with E-state index in [4.69, 9.17) is 4.74 Å². The highest BCUT2D eigenvalue weighted by Gasteiger charge is 2.26. The second-order valence-electron chi connectivity index (χ2n) is 5.66. The fourth-order valence-electron chi connectivity index (χ4n) is 2.91. The Morgan fingerprint density at radius 2 is 1.96 bits per heavy atom.